The van der Waals surface area contributed by atoms with E-state index in [-0.39, 0.29) is 5.92 Å². The van der Waals surface area contributed by atoms with Crippen LogP contribution in [0.3, 0.4) is 0 Å². The standard InChI is InChI=1S/C27H28N2OSi/c1-22(24-13-11-12-23(20-24)21-28)29-30-31(25-14-5-2-6-15-25,26-16-7-3-8-17-26)27-18-9-4-10-19-27/h2-10,14-19,23-24H,11-13,20H2,1H3. The van der Waals surface area contributed by atoms with Crippen molar-refractivity contribution in [1.82, 2.24) is 0 Å². The molecule has 1 saturated carbocycles. The van der Waals surface area contributed by atoms with Crippen LogP contribution in [0.25, 0.3) is 0 Å². The van der Waals surface area contributed by atoms with Crippen LogP contribution in [0.2, 0.25) is 0 Å². The van der Waals surface area contributed by atoms with Crippen LogP contribution in [0.4, 0.5) is 0 Å². The van der Waals surface area contributed by atoms with Crippen LogP contribution >= 0.6 is 0 Å². The fraction of sp³-hybridized carbons (Fsp3) is 0.259. The second-order valence-corrected chi connectivity index (χ2v) is 11.6. The molecule has 1 aliphatic carbocycles. The van der Waals surface area contributed by atoms with Crippen LogP contribution in [-0.2, 0) is 4.53 Å². The minimum atomic E-state index is -2.83. The molecule has 1 fully saturated rings. The maximum Gasteiger partial charge on any atom is 0.380 e. The average Bonchev–Trinajstić information content (AvgIpc) is 2.86. The van der Waals surface area contributed by atoms with Crippen LogP contribution in [-0.4, -0.2) is 14.0 Å². The van der Waals surface area contributed by atoms with Crippen molar-refractivity contribution >= 4 is 29.6 Å². The average molecular weight is 425 g/mol. The van der Waals surface area contributed by atoms with Gasteiger partial charge in [0.2, 0.25) is 0 Å². The molecule has 156 valence electrons. The van der Waals surface area contributed by atoms with Crippen molar-refractivity contribution in [3.8, 4) is 6.07 Å². The third kappa shape index (κ3) is 4.47. The lowest BCUT2D eigenvalue weighted by molar-refractivity contribution is 0.327. The Morgan fingerprint density at radius 3 is 1.77 bits per heavy atom. The van der Waals surface area contributed by atoms with Gasteiger partial charge in [0, 0.05) is 11.8 Å². The Morgan fingerprint density at radius 2 is 1.32 bits per heavy atom. The molecule has 2 atom stereocenters. The Hall–Kier alpha value is -3.16. The first-order valence-corrected chi connectivity index (χ1v) is 12.9. The fourth-order valence-electron chi connectivity index (χ4n) is 4.58. The summed E-state index contributed by atoms with van der Waals surface area (Å²) in [5.74, 6) is 0.440. The predicted octanol–water partition coefficient (Wildman–Crippen LogP) is 4.38. The van der Waals surface area contributed by atoms with E-state index in [0.717, 1.165) is 31.4 Å². The Labute approximate surface area is 186 Å². The fourth-order valence-corrected chi connectivity index (χ4v) is 8.16. The van der Waals surface area contributed by atoms with Crippen molar-refractivity contribution in [3.63, 3.8) is 0 Å². The number of nitrogens with zero attached hydrogens (tertiary/aromatic N) is 2. The first-order valence-electron chi connectivity index (χ1n) is 11.0. The quantitative estimate of drug-likeness (QED) is 0.255. The van der Waals surface area contributed by atoms with E-state index < -0.39 is 8.32 Å². The SMILES string of the molecule is CC(=NO[Si](c1ccccc1)(c1ccccc1)c1ccccc1)C1CCCC(C#N)C1. The van der Waals surface area contributed by atoms with E-state index >= 15 is 0 Å². The monoisotopic (exact) mass is 424 g/mol. The number of oxime groups is 1. The molecule has 31 heavy (non-hydrogen) atoms. The van der Waals surface area contributed by atoms with E-state index in [1.54, 1.807) is 0 Å². The Bertz CT molecular complexity index is 948. The van der Waals surface area contributed by atoms with Crippen LogP contribution in [0.15, 0.2) is 96.2 Å². The van der Waals surface area contributed by atoms with Gasteiger partial charge >= 0.3 is 8.32 Å². The highest BCUT2D eigenvalue weighted by molar-refractivity contribution is 7.07. The molecule has 0 aromatic heterocycles. The predicted molar refractivity (Wildman–Crippen MR) is 129 cm³/mol. The summed E-state index contributed by atoms with van der Waals surface area (Å²) >= 11 is 0. The third-order valence-electron chi connectivity index (χ3n) is 6.32. The molecule has 3 aromatic rings. The van der Waals surface area contributed by atoms with Crippen LogP contribution in [0.1, 0.15) is 32.6 Å². The summed E-state index contributed by atoms with van der Waals surface area (Å²) in [5.41, 5.74) is 1.000. The summed E-state index contributed by atoms with van der Waals surface area (Å²) in [7, 11) is -2.83. The lowest BCUT2D eigenvalue weighted by Crippen LogP contribution is -2.68. The zero-order valence-electron chi connectivity index (χ0n) is 17.9. The maximum atomic E-state index is 9.38. The second-order valence-electron chi connectivity index (χ2n) is 8.29. The molecule has 0 N–H and O–H groups in total. The maximum absolute atomic E-state index is 9.38. The summed E-state index contributed by atoms with van der Waals surface area (Å²) in [4.78, 5) is 0. The molecule has 4 rings (SSSR count). The van der Waals surface area contributed by atoms with Gasteiger partial charge in [-0.1, -0.05) is 97.4 Å². The van der Waals surface area contributed by atoms with E-state index in [4.69, 9.17) is 9.68 Å². The summed E-state index contributed by atoms with van der Waals surface area (Å²) in [6.07, 6.45) is 4.03. The van der Waals surface area contributed by atoms with Gasteiger partial charge in [-0.25, -0.2) is 0 Å². The van der Waals surface area contributed by atoms with Crippen LogP contribution in [0, 0.1) is 23.2 Å². The summed E-state index contributed by atoms with van der Waals surface area (Å²) in [6, 6.07) is 33.9. The highest BCUT2D eigenvalue weighted by atomic mass is 28.4. The molecule has 0 spiro atoms. The zero-order chi connectivity index (χ0) is 21.5. The smallest absolute Gasteiger partial charge is 0.380 e. The van der Waals surface area contributed by atoms with Crippen molar-refractivity contribution in [1.29, 1.82) is 5.26 Å². The number of rotatable bonds is 6. The molecule has 0 radical (unpaired) electrons. The summed E-state index contributed by atoms with van der Waals surface area (Å²) in [5, 5.41) is 17.7. The number of hydrogen-bond acceptors (Lipinski definition) is 3. The molecule has 0 heterocycles. The summed E-state index contributed by atoms with van der Waals surface area (Å²) in [6.45, 7) is 2.06. The summed E-state index contributed by atoms with van der Waals surface area (Å²) < 4.78 is 6.72. The van der Waals surface area contributed by atoms with Crippen molar-refractivity contribution < 1.29 is 4.53 Å². The lowest BCUT2D eigenvalue weighted by atomic mass is 9.80. The molecule has 0 aliphatic heterocycles. The minimum Gasteiger partial charge on any atom is -0.438 e. The molecular formula is C27H28N2OSi. The van der Waals surface area contributed by atoms with Gasteiger partial charge in [-0.3, -0.25) is 0 Å². The van der Waals surface area contributed by atoms with E-state index in [1.807, 2.05) is 18.2 Å². The molecule has 2 unspecified atom stereocenters. The highest BCUT2D eigenvalue weighted by Crippen LogP contribution is 2.29. The van der Waals surface area contributed by atoms with Crippen molar-refractivity contribution in [2.45, 2.75) is 32.6 Å². The molecular weight excluding hydrogens is 396 g/mol. The molecule has 0 amide bonds. The van der Waals surface area contributed by atoms with Crippen LogP contribution < -0.4 is 15.6 Å². The van der Waals surface area contributed by atoms with Gasteiger partial charge in [-0.15, -0.1) is 5.16 Å². The van der Waals surface area contributed by atoms with Gasteiger partial charge in [-0.2, -0.15) is 5.26 Å². The van der Waals surface area contributed by atoms with E-state index in [9.17, 15) is 5.26 Å². The van der Waals surface area contributed by atoms with E-state index in [1.165, 1.54) is 15.6 Å². The minimum absolute atomic E-state index is 0.128. The van der Waals surface area contributed by atoms with Gasteiger partial charge in [0.15, 0.2) is 0 Å². The topological polar surface area (TPSA) is 45.4 Å². The molecule has 3 nitrogen and oxygen atoms in total. The highest BCUT2D eigenvalue weighted by Gasteiger charge is 2.45. The first kappa shape index (κ1) is 21.1. The number of benzene rings is 3. The van der Waals surface area contributed by atoms with Gasteiger partial charge in [0.05, 0.1) is 11.8 Å². The molecule has 1 aliphatic rings. The van der Waals surface area contributed by atoms with E-state index in [2.05, 4.69) is 85.8 Å². The third-order valence-corrected chi connectivity index (χ3v) is 10.1. The molecule has 3 aromatic carbocycles. The first-order chi connectivity index (χ1) is 15.2. The Kier molecular flexibility index (Phi) is 6.64. The lowest BCUT2D eigenvalue weighted by Gasteiger charge is -2.31. The van der Waals surface area contributed by atoms with Gasteiger partial charge in [0.25, 0.3) is 0 Å². The largest absolute Gasteiger partial charge is 0.438 e. The zero-order valence-corrected chi connectivity index (χ0v) is 18.9. The van der Waals surface area contributed by atoms with Crippen molar-refractivity contribution in [2.24, 2.45) is 17.0 Å². The second kappa shape index (κ2) is 9.76. The van der Waals surface area contributed by atoms with Crippen LogP contribution in [0.5, 0.6) is 0 Å². The normalized spacial score (nSPS) is 19.4. The number of nitriles is 1. The molecule has 0 bridgehead atoms. The van der Waals surface area contributed by atoms with Gasteiger partial charge in [0.1, 0.15) is 0 Å². The molecule has 0 saturated heterocycles. The van der Waals surface area contributed by atoms with Gasteiger partial charge < -0.3 is 4.53 Å². The van der Waals surface area contributed by atoms with E-state index in [0.29, 0.717) is 5.92 Å². The molecule has 4 heteroatoms. The van der Waals surface area contributed by atoms with Gasteiger partial charge in [-0.05, 0) is 41.7 Å². The Morgan fingerprint density at radius 1 is 0.839 bits per heavy atom. The van der Waals surface area contributed by atoms with Crippen molar-refractivity contribution in [2.75, 3.05) is 0 Å². The Balaban J connectivity index is 1.80. The number of hydrogen-bond donors (Lipinski definition) is 0. The van der Waals surface area contributed by atoms with Crippen molar-refractivity contribution in [3.05, 3.63) is 91.0 Å².